The van der Waals surface area contributed by atoms with Gasteiger partial charge in [0, 0.05) is 0 Å². The normalized spacial score (nSPS) is 60.6. The molecule has 3 nitrogen and oxygen atoms in total. The fourth-order valence-electron chi connectivity index (χ4n) is 15.2. The summed E-state index contributed by atoms with van der Waals surface area (Å²) in [5.41, 5.74) is 4.00. The van der Waals surface area contributed by atoms with Gasteiger partial charge in [-0.25, -0.2) is 0 Å². The van der Waals surface area contributed by atoms with E-state index in [2.05, 4.69) is 18.2 Å². The second kappa shape index (κ2) is 4.98. The van der Waals surface area contributed by atoms with Crippen LogP contribution in [0.4, 0.5) is 0 Å². The summed E-state index contributed by atoms with van der Waals surface area (Å²) in [5, 5.41) is 29.6. The molecule has 14 atom stereocenters. The fraction of sp³-hybridized carbons (Fsp3) is 0.710. The molecule has 13 fully saturated rings. The monoisotopic (exact) mass is 443 g/mol. The molecule has 0 aliphatic heterocycles. The van der Waals surface area contributed by atoms with Crippen molar-refractivity contribution in [3.8, 4) is 18.2 Å². The quantitative estimate of drug-likeness (QED) is 0.573. The van der Waals surface area contributed by atoms with Crippen molar-refractivity contribution >= 4 is 0 Å². The molecule has 2 spiro atoms. The number of nitriles is 3. The van der Waals surface area contributed by atoms with Crippen molar-refractivity contribution in [3.05, 3.63) is 34.4 Å². The summed E-state index contributed by atoms with van der Waals surface area (Å²) in [6.45, 7) is 0. The Kier molecular flexibility index (Phi) is 2.64. The molecule has 14 bridgehead atoms. The molecule has 0 heterocycles. The van der Waals surface area contributed by atoms with Gasteiger partial charge >= 0.3 is 0 Å². The summed E-state index contributed by atoms with van der Waals surface area (Å²) in [6.07, 6.45) is 11.5. The summed E-state index contributed by atoms with van der Waals surface area (Å²) in [6, 6.07) is 10.7. The number of rotatable bonds is 1. The Morgan fingerprint density at radius 2 is 1.15 bits per heavy atom. The van der Waals surface area contributed by atoms with Crippen LogP contribution in [0.15, 0.2) is 12.1 Å². The van der Waals surface area contributed by atoms with E-state index in [1.165, 1.54) is 25.7 Å². The Labute approximate surface area is 201 Å². The maximum Gasteiger partial charge on any atom is 0.101 e. The first-order chi connectivity index (χ1) is 16.6. The van der Waals surface area contributed by atoms with Gasteiger partial charge in [-0.3, -0.25) is 0 Å². The van der Waals surface area contributed by atoms with E-state index in [1.54, 1.807) is 31.7 Å². The average Bonchev–Trinajstić information content (AvgIpc) is 2.86. The van der Waals surface area contributed by atoms with Gasteiger partial charge in [-0.2, -0.15) is 15.8 Å². The summed E-state index contributed by atoms with van der Waals surface area (Å²) < 4.78 is 0. The van der Waals surface area contributed by atoms with Crippen LogP contribution in [-0.4, -0.2) is 0 Å². The molecule has 0 radical (unpaired) electrons. The van der Waals surface area contributed by atoms with E-state index in [0.717, 1.165) is 76.1 Å². The zero-order valence-corrected chi connectivity index (χ0v) is 19.5. The summed E-state index contributed by atoms with van der Waals surface area (Å²) in [4.78, 5) is 0. The number of hydrogen-bond donors (Lipinski definition) is 0. The minimum absolute atomic E-state index is 0.0664. The van der Waals surface area contributed by atoms with Crippen molar-refractivity contribution in [1.82, 2.24) is 0 Å². The molecule has 0 amide bonds. The molecule has 168 valence electrons. The first-order valence-corrected chi connectivity index (χ1v) is 14.0. The average molecular weight is 444 g/mol. The van der Waals surface area contributed by atoms with E-state index in [-0.39, 0.29) is 5.41 Å². The van der Waals surface area contributed by atoms with Crippen molar-refractivity contribution in [1.29, 1.82) is 15.8 Å². The lowest BCUT2D eigenvalue weighted by molar-refractivity contribution is -0.434. The predicted octanol–water partition coefficient (Wildman–Crippen LogP) is 5.53. The van der Waals surface area contributed by atoms with Gasteiger partial charge in [0.05, 0.1) is 22.8 Å². The molecule has 13 saturated carbocycles. The molecule has 13 aliphatic rings. The topological polar surface area (TPSA) is 71.4 Å². The van der Waals surface area contributed by atoms with Gasteiger partial charge in [0.1, 0.15) is 12.1 Å². The fourth-order valence-corrected chi connectivity index (χ4v) is 15.2. The molecule has 1 aromatic rings. The molecule has 0 N–H and O–H groups in total. The van der Waals surface area contributed by atoms with E-state index in [1.807, 2.05) is 6.07 Å². The maximum absolute atomic E-state index is 10.2. The first kappa shape index (κ1) is 18.0. The second-order valence-corrected chi connectivity index (χ2v) is 14.6. The highest BCUT2D eigenvalue weighted by molar-refractivity contribution is 5.57. The predicted molar refractivity (Wildman–Crippen MR) is 122 cm³/mol. The van der Waals surface area contributed by atoms with Gasteiger partial charge < -0.3 is 0 Å². The van der Waals surface area contributed by atoms with Crippen LogP contribution < -0.4 is 0 Å². The Morgan fingerprint density at radius 1 is 0.588 bits per heavy atom. The molecule has 6 unspecified atom stereocenters. The SMILES string of the molecule is N#Cc1cc(C#N)c(C23C[C@@H]4C5CC67CC8C[C@@H]9C%10CC(C2)([C@@H]4[C@H]6[C@H]%10C8)[C@@H]([C@H]97)[C@H]5C3)cc1C#N. The Hall–Kier alpha value is -2.31. The van der Waals surface area contributed by atoms with Gasteiger partial charge in [-0.05, 0) is 150 Å². The van der Waals surface area contributed by atoms with E-state index < -0.39 is 0 Å². The molecule has 0 saturated heterocycles. The molecule has 3 heteroatoms. The standard InChI is InChI=1S/C31H29N3/c32-10-15-3-17(12-34)24(4-16(15)11-33)29-6-22-21-8-30-5-14-1-18-20-9-31(13-29,27(22)25(18)30)28(23(21)7-29)26(30)19(20)2-14/h3-4,14,18-23,25-28H,1-2,5-9,13H2/t14?,18-,19+,20?,21?,22+,23-,25+,26-,27-,28+,29?,30?,31?. The third-order valence-corrected chi connectivity index (χ3v) is 14.6. The second-order valence-electron chi connectivity index (χ2n) is 14.6. The zero-order valence-electron chi connectivity index (χ0n) is 19.5. The Morgan fingerprint density at radius 3 is 1.79 bits per heavy atom. The minimum atomic E-state index is 0.0664. The van der Waals surface area contributed by atoms with Crippen LogP contribution in [0.5, 0.6) is 0 Å². The van der Waals surface area contributed by atoms with Crippen LogP contribution in [0.1, 0.15) is 73.6 Å². The molecule has 34 heavy (non-hydrogen) atoms. The van der Waals surface area contributed by atoms with Gasteiger partial charge in [-0.15, -0.1) is 0 Å². The molecule has 14 rings (SSSR count). The third-order valence-electron chi connectivity index (χ3n) is 14.6. The molecule has 0 aromatic heterocycles. The van der Waals surface area contributed by atoms with Crippen LogP contribution in [0, 0.1) is 110 Å². The van der Waals surface area contributed by atoms with Crippen molar-refractivity contribution < 1.29 is 0 Å². The highest BCUT2D eigenvalue weighted by Crippen LogP contribution is 2.93. The Bertz CT molecular complexity index is 1330. The highest BCUT2D eigenvalue weighted by atomic mass is 14.9. The van der Waals surface area contributed by atoms with Gasteiger partial charge in [0.15, 0.2) is 0 Å². The van der Waals surface area contributed by atoms with Crippen molar-refractivity contribution in [2.75, 3.05) is 0 Å². The minimum Gasteiger partial charge on any atom is -0.192 e. The van der Waals surface area contributed by atoms with E-state index in [4.69, 9.17) is 0 Å². The first-order valence-electron chi connectivity index (χ1n) is 14.0. The smallest absolute Gasteiger partial charge is 0.101 e. The molecule has 13 aliphatic carbocycles. The largest absolute Gasteiger partial charge is 0.192 e. The van der Waals surface area contributed by atoms with Gasteiger partial charge in [0.2, 0.25) is 0 Å². The molecular formula is C31H29N3. The third kappa shape index (κ3) is 1.48. The lowest BCUT2D eigenvalue weighted by Crippen LogP contribution is -2.86. The highest BCUT2D eigenvalue weighted by Gasteiger charge is 2.88. The lowest BCUT2D eigenvalue weighted by Gasteiger charge is -2.92. The van der Waals surface area contributed by atoms with Crippen LogP contribution in [0.25, 0.3) is 0 Å². The molecule has 1 aromatic carbocycles. The van der Waals surface area contributed by atoms with E-state index in [0.29, 0.717) is 22.1 Å². The number of benzene rings is 1. The van der Waals surface area contributed by atoms with Crippen LogP contribution in [0.2, 0.25) is 0 Å². The van der Waals surface area contributed by atoms with Crippen molar-refractivity contribution in [3.63, 3.8) is 0 Å². The maximum atomic E-state index is 10.2. The summed E-state index contributed by atoms with van der Waals surface area (Å²) in [7, 11) is 0. The zero-order chi connectivity index (χ0) is 22.4. The number of nitrogens with zero attached hydrogens (tertiary/aromatic N) is 3. The summed E-state index contributed by atoms with van der Waals surface area (Å²) >= 11 is 0. The van der Waals surface area contributed by atoms with Crippen molar-refractivity contribution in [2.45, 2.75) is 56.8 Å². The van der Waals surface area contributed by atoms with Crippen LogP contribution >= 0.6 is 0 Å². The van der Waals surface area contributed by atoms with Crippen LogP contribution in [0.3, 0.4) is 0 Å². The lowest BCUT2D eigenvalue weighted by atomic mass is 9.12. The number of hydrogen-bond acceptors (Lipinski definition) is 3. The van der Waals surface area contributed by atoms with Gasteiger partial charge in [-0.1, -0.05) is 0 Å². The van der Waals surface area contributed by atoms with E-state index >= 15 is 0 Å². The van der Waals surface area contributed by atoms with E-state index in [9.17, 15) is 15.8 Å². The van der Waals surface area contributed by atoms with Crippen LogP contribution in [-0.2, 0) is 5.41 Å². The van der Waals surface area contributed by atoms with Gasteiger partial charge in [0.25, 0.3) is 0 Å². The molecular weight excluding hydrogens is 414 g/mol. The Balaban J connectivity index is 1.21. The van der Waals surface area contributed by atoms with Crippen molar-refractivity contribution in [2.24, 2.45) is 75.9 Å². The summed E-state index contributed by atoms with van der Waals surface area (Å²) in [5.74, 6) is 10.8.